The van der Waals surface area contributed by atoms with Crippen molar-refractivity contribution in [1.82, 2.24) is 15.0 Å². The van der Waals surface area contributed by atoms with Gasteiger partial charge in [0.2, 0.25) is 5.91 Å². The molecule has 1 aromatic heterocycles. The van der Waals surface area contributed by atoms with Crippen LogP contribution in [0.4, 0.5) is 11.5 Å². The van der Waals surface area contributed by atoms with Gasteiger partial charge < -0.3 is 11.1 Å². The number of carbonyl (C=O) groups is 1. The van der Waals surface area contributed by atoms with Crippen LogP contribution in [0.15, 0.2) is 24.4 Å². The van der Waals surface area contributed by atoms with Gasteiger partial charge in [0.05, 0.1) is 16.9 Å². The maximum Gasteiger partial charge on any atom is 0.246 e. The fraction of sp³-hybridized carbons (Fsp3) is 0.100. The largest absolute Gasteiger partial charge is 0.381 e. The molecule has 0 unspecified atom stereocenters. The summed E-state index contributed by atoms with van der Waals surface area (Å²) in [6.07, 6.45) is 1.46. The summed E-state index contributed by atoms with van der Waals surface area (Å²) < 4.78 is 1.33. The van der Waals surface area contributed by atoms with Crippen molar-refractivity contribution in [3.8, 4) is 0 Å². The molecule has 0 bridgehead atoms. The molecular weight excluding hydrogens is 277 g/mol. The topological polar surface area (TPSA) is 85.8 Å². The first kappa shape index (κ1) is 12.7. The molecule has 6 nitrogen and oxygen atoms in total. The summed E-state index contributed by atoms with van der Waals surface area (Å²) in [6, 6.07) is 4.81. The van der Waals surface area contributed by atoms with E-state index in [1.807, 2.05) is 0 Å². The zero-order chi connectivity index (χ0) is 13.1. The van der Waals surface area contributed by atoms with Gasteiger partial charge in [-0.3, -0.25) is 4.79 Å². The van der Waals surface area contributed by atoms with Crippen molar-refractivity contribution < 1.29 is 4.79 Å². The molecule has 2 aromatic rings. The van der Waals surface area contributed by atoms with Crippen LogP contribution in [0.5, 0.6) is 0 Å². The van der Waals surface area contributed by atoms with Gasteiger partial charge in [0.25, 0.3) is 0 Å². The van der Waals surface area contributed by atoms with Crippen LogP contribution < -0.4 is 11.1 Å². The third kappa shape index (κ3) is 3.12. The SMILES string of the molecule is Nc1cn(CC(=O)Nc2ccc(Cl)cc2Cl)nn1. The molecule has 0 saturated heterocycles. The second kappa shape index (κ2) is 5.24. The van der Waals surface area contributed by atoms with E-state index in [1.54, 1.807) is 18.2 Å². The maximum atomic E-state index is 11.7. The van der Waals surface area contributed by atoms with Crippen LogP contribution in [0.1, 0.15) is 0 Å². The van der Waals surface area contributed by atoms with Crippen LogP contribution in [-0.4, -0.2) is 20.9 Å². The summed E-state index contributed by atoms with van der Waals surface area (Å²) in [4.78, 5) is 11.7. The number of nitrogen functional groups attached to an aromatic ring is 1. The fourth-order valence-electron chi connectivity index (χ4n) is 1.32. The van der Waals surface area contributed by atoms with E-state index in [0.717, 1.165) is 0 Å². The van der Waals surface area contributed by atoms with Gasteiger partial charge in [-0.1, -0.05) is 28.4 Å². The molecule has 94 valence electrons. The van der Waals surface area contributed by atoms with Gasteiger partial charge >= 0.3 is 0 Å². The lowest BCUT2D eigenvalue weighted by atomic mass is 10.3. The zero-order valence-electron chi connectivity index (χ0n) is 9.10. The Kier molecular flexibility index (Phi) is 3.69. The molecule has 0 aliphatic carbocycles. The molecule has 0 aliphatic rings. The van der Waals surface area contributed by atoms with Crippen LogP contribution in [0.3, 0.4) is 0 Å². The molecule has 1 aromatic carbocycles. The molecule has 0 spiro atoms. The van der Waals surface area contributed by atoms with Crippen molar-refractivity contribution >= 4 is 40.6 Å². The average molecular weight is 286 g/mol. The van der Waals surface area contributed by atoms with E-state index in [2.05, 4.69) is 15.6 Å². The number of nitrogens with two attached hydrogens (primary N) is 1. The number of aromatic nitrogens is 3. The Morgan fingerprint density at radius 1 is 1.44 bits per heavy atom. The van der Waals surface area contributed by atoms with Crippen molar-refractivity contribution in [2.75, 3.05) is 11.1 Å². The highest BCUT2D eigenvalue weighted by Crippen LogP contribution is 2.25. The number of amides is 1. The first-order valence-corrected chi connectivity index (χ1v) is 5.70. The summed E-state index contributed by atoms with van der Waals surface area (Å²) in [6.45, 7) is 0.00313. The van der Waals surface area contributed by atoms with Crippen LogP contribution in [-0.2, 0) is 11.3 Å². The predicted molar refractivity (Wildman–Crippen MR) is 69.5 cm³/mol. The van der Waals surface area contributed by atoms with E-state index in [-0.39, 0.29) is 18.3 Å². The highest BCUT2D eigenvalue weighted by molar-refractivity contribution is 6.36. The molecule has 3 N–H and O–H groups in total. The Bertz CT molecular complexity index is 583. The van der Waals surface area contributed by atoms with Gasteiger partial charge in [-0.25, -0.2) is 4.68 Å². The van der Waals surface area contributed by atoms with Crippen molar-refractivity contribution in [2.24, 2.45) is 0 Å². The first-order chi connectivity index (χ1) is 8.54. The molecule has 1 heterocycles. The fourth-order valence-corrected chi connectivity index (χ4v) is 1.77. The number of hydrogen-bond acceptors (Lipinski definition) is 4. The Morgan fingerprint density at radius 2 is 2.22 bits per heavy atom. The summed E-state index contributed by atoms with van der Waals surface area (Å²) >= 11 is 11.7. The lowest BCUT2D eigenvalue weighted by Gasteiger charge is -2.07. The van der Waals surface area contributed by atoms with Gasteiger partial charge in [0.15, 0.2) is 5.82 Å². The highest BCUT2D eigenvalue weighted by Gasteiger charge is 2.08. The van der Waals surface area contributed by atoms with E-state index in [1.165, 1.54) is 10.9 Å². The van der Waals surface area contributed by atoms with Crippen LogP contribution in [0, 0.1) is 0 Å². The predicted octanol–water partition coefficient (Wildman–Crippen LogP) is 1.81. The Labute approximate surface area is 113 Å². The number of carbonyl (C=O) groups excluding carboxylic acids is 1. The van der Waals surface area contributed by atoms with E-state index in [4.69, 9.17) is 28.9 Å². The molecule has 2 rings (SSSR count). The second-order valence-corrected chi connectivity index (χ2v) is 4.36. The van der Waals surface area contributed by atoms with Gasteiger partial charge in [-0.15, -0.1) is 5.10 Å². The normalized spacial score (nSPS) is 10.3. The molecule has 18 heavy (non-hydrogen) atoms. The quantitative estimate of drug-likeness (QED) is 0.901. The van der Waals surface area contributed by atoms with E-state index < -0.39 is 0 Å². The Balaban J connectivity index is 2.03. The van der Waals surface area contributed by atoms with E-state index in [0.29, 0.717) is 15.7 Å². The second-order valence-electron chi connectivity index (χ2n) is 3.51. The summed E-state index contributed by atoms with van der Waals surface area (Å²) in [5.74, 6) is -0.0311. The monoisotopic (exact) mass is 285 g/mol. The van der Waals surface area contributed by atoms with Crippen molar-refractivity contribution in [1.29, 1.82) is 0 Å². The number of hydrogen-bond donors (Lipinski definition) is 2. The van der Waals surface area contributed by atoms with Gasteiger partial charge in [0, 0.05) is 5.02 Å². The summed E-state index contributed by atoms with van der Waals surface area (Å²) in [7, 11) is 0. The third-order valence-corrected chi connectivity index (χ3v) is 2.62. The van der Waals surface area contributed by atoms with Gasteiger partial charge in [0.1, 0.15) is 6.54 Å². The molecule has 0 radical (unpaired) electrons. The zero-order valence-corrected chi connectivity index (χ0v) is 10.6. The Morgan fingerprint density at radius 3 is 2.83 bits per heavy atom. The Hall–Kier alpha value is -1.79. The lowest BCUT2D eigenvalue weighted by Crippen LogP contribution is -2.19. The van der Waals surface area contributed by atoms with Crippen molar-refractivity contribution in [2.45, 2.75) is 6.54 Å². The number of rotatable bonds is 3. The van der Waals surface area contributed by atoms with Crippen LogP contribution in [0.2, 0.25) is 10.0 Å². The van der Waals surface area contributed by atoms with Crippen molar-refractivity contribution in [3.63, 3.8) is 0 Å². The number of halogens is 2. The van der Waals surface area contributed by atoms with E-state index in [9.17, 15) is 4.79 Å². The number of benzene rings is 1. The summed E-state index contributed by atoms with van der Waals surface area (Å²) in [5, 5.41) is 10.7. The molecule has 0 fully saturated rings. The molecule has 8 heteroatoms. The molecule has 0 aliphatic heterocycles. The standard InChI is InChI=1S/C10H9Cl2N5O/c11-6-1-2-8(7(12)3-6)14-10(18)5-17-4-9(13)15-16-17/h1-4H,5,13H2,(H,14,18). The first-order valence-electron chi connectivity index (χ1n) is 4.95. The number of anilines is 2. The van der Waals surface area contributed by atoms with Crippen LogP contribution in [0.25, 0.3) is 0 Å². The van der Waals surface area contributed by atoms with Gasteiger partial charge in [-0.05, 0) is 18.2 Å². The highest BCUT2D eigenvalue weighted by atomic mass is 35.5. The minimum Gasteiger partial charge on any atom is -0.381 e. The van der Waals surface area contributed by atoms with E-state index >= 15 is 0 Å². The van der Waals surface area contributed by atoms with Crippen LogP contribution >= 0.6 is 23.2 Å². The minimum absolute atomic E-state index is 0.00313. The maximum absolute atomic E-state index is 11.7. The molecule has 1 amide bonds. The smallest absolute Gasteiger partial charge is 0.246 e. The lowest BCUT2D eigenvalue weighted by molar-refractivity contribution is -0.116. The molecule has 0 saturated carbocycles. The molecule has 0 atom stereocenters. The number of nitrogens with one attached hydrogen (secondary N) is 1. The molecular formula is C10H9Cl2N5O. The minimum atomic E-state index is -0.288. The third-order valence-electron chi connectivity index (χ3n) is 2.07. The summed E-state index contributed by atoms with van der Waals surface area (Å²) in [5.41, 5.74) is 5.87. The van der Waals surface area contributed by atoms with Gasteiger partial charge in [-0.2, -0.15) is 0 Å². The number of nitrogens with zero attached hydrogens (tertiary/aromatic N) is 3. The average Bonchev–Trinajstić information content (AvgIpc) is 2.68. The van der Waals surface area contributed by atoms with Crippen molar-refractivity contribution in [3.05, 3.63) is 34.4 Å².